The van der Waals surface area contributed by atoms with Gasteiger partial charge in [0.1, 0.15) is 10.9 Å². The maximum absolute atomic E-state index is 12.0. The SMILES string of the molecule is O=C(O)C(CCO)NS(=O)(=O)c1ccc(Br)cc1Cl. The second-order valence-corrected chi connectivity index (χ2v) is 6.60. The molecular weight excluding hydrogens is 362 g/mol. The quantitative estimate of drug-likeness (QED) is 0.696. The number of hydrogen-bond acceptors (Lipinski definition) is 4. The molecule has 106 valence electrons. The Bertz CT molecular complexity index is 577. The number of aliphatic hydroxyl groups excluding tert-OH is 1. The van der Waals surface area contributed by atoms with E-state index in [1.54, 1.807) is 0 Å². The minimum atomic E-state index is -4.07. The third-order valence-corrected chi connectivity index (χ3v) is 4.64. The van der Waals surface area contributed by atoms with Crippen molar-refractivity contribution in [2.45, 2.75) is 17.4 Å². The molecule has 0 spiro atoms. The van der Waals surface area contributed by atoms with Gasteiger partial charge in [0.2, 0.25) is 10.0 Å². The number of carboxylic acids is 1. The Labute approximate surface area is 123 Å². The van der Waals surface area contributed by atoms with Crippen molar-refractivity contribution in [2.75, 3.05) is 6.61 Å². The number of benzene rings is 1. The standard InChI is InChI=1S/C10H11BrClNO5S/c11-6-1-2-9(7(12)5-6)19(17,18)13-8(3-4-14)10(15)16/h1-2,5,8,13-14H,3-4H2,(H,15,16). The van der Waals surface area contributed by atoms with Gasteiger partial charge in [-0.25, -0.2) is 8.42 Å². The Kier molecular flexibility index (Phi) is 5.75. The first-order valence-corrected chi connectivity index (χ1v) is 7.74. The maximum atomic E-state index is 12.0. The smallest absolute Gasteiger partial charge is 0.321 e. The molecule has 0 aromatic heterocycles. The van der Waals surface area contributed by atoms with Gasteiger partial charge in [0.05, 0.1) is 5.02 Å². The van der Waals surface area contributed by atoms with Crippen molar-refractivity contribution < 1.29 is 23.4 Å². The molecule has 0 fully saturated rings. The number of carboxylic acid groups (broad SMARTS) is 1. The molecular formula is C10H11BrClNO5S. The molecule has 0 aliphatic carbocycles. The van der Waals surface area contributed by atoms with E-state index in [4.69, 9.17) is 21.8 Å². The van der Waals surface area contributed by atoms with E-state index in [2.05, 4.69) is 15.9 Å². The fourth-order valence-electron chi connectivity index (χ4n) is 1.31. The minimum absolute atomic E-state index is 0.0324. The lowest BCUT2D eigenvalue weighted by Gasteiger charge is -2.14. The van der Waals surface area contributed by atoms with Crippen LogP contribution in [-0.4, -0.2) is 37.2 Å². The van der Waals surface area contributed by atoms with Gasteiger partial charge in [0.15, 0.2) is 0 Å². The largest absolute Gasteiger partial charge is 0.480 e. The number of nitrogens with one attached hydrogen (secondary N) is 1. The number of halogens is 2. The lowest BCUT2D eigenvalue weighted by Crippen LogP contribution is -2.41. The molecule has 6 nitrogen and oxygen atoms in total. The van der Waals surface area contributed by atoms with E-state index in [1.807, 2.05) is 4.72 Å². The van der Waals surface area contributed by atoms with Gasteiger partial charge in [-0.05, 0) is 24.6 Å². The number of sulfonamides is 1. The van der Waals surface area contributed by atoms with Gasteiger partial charge >= 0.3 is 5.97 Å². The summed E-state index contributed by atoms with van der Waals surface area (Å²) in [5, 5.41) is 17.5. The van der Waals surface area contributed by atoms with Crippen LogP contribution in [-0.2, 0) is 14.8 Å². The molecule has 1 unspecified atom stereocenters. The highest BCUT2D eigenvalue weighted by Gasteiger charge is 2.26. The summed E-state index contributed by atoms with van der Waals surface area (Å²) in [5.74, 6) is -1.37. The summed E-state index contributed by atoms with van der Waals surface area (Å²) in [6.07, 6.45) is -0.233. The van der Waals surface area contributed by atoms with E-state index in [1.165, 1.54) is 18.2 Å². The molecule has 0 radical (unpaired) electrons. The molecule has 9 heteroatoms. The molecule has 1 rings (SSSR count). The zero-order chi connectivity index (χ0) is 14.6. The highest BCUT2D eigenvalue weighted by Crippen LogP contribution is 2.25. The zero-order valence-corrected chi connectivity index (χ0v) is 12.7. The molecule has 0 amide bonds. The molecule has 1 aromatic rings. The van der Waals surface area contributed by atoms with Crippen LogP contribution < -0.4 is 4.72 Å². The molecule has 1 atom stereocenters. The fraction of sp³-hybridized carbons (Fsp3) is 0.300. The summed E-state index contributed by atoms with van der Waals surface area (Å²) in [6.45, 7) is -0.451. The Morgan fingerprint density at radius 3 is 2.58 bits per heavy atom. The molecule has 0 heterocycles. The highest BCUT2D eigenvalue weighted by molar-refractivity contribution is 9.10. The maximum Gasteiger partial charge on any atom is 0.321 e. The molecule has 3 N–H and O–H groups in total. The topological polar surface area (TPSA) is 104 Å². The number of aliphatic carboxylic acids is 1. The zero-order valence-electron chi connectivity index (χ0n) is 9.51. The van der Waals surface area contributed by atoms with Crippen LogP contribution in [0.3, 0.4) is 0 Å². The third kappa shape index (κ3) is 4.43. The van der Waals surface area contributed by atoms with Gasteiger partial charge in [-0.15, -0.1) is 0 Å². The van der Waals surface area contributed by atoms with Gasteiger partial charge in [-0.3, -0.25) is 4.79 Å². The Balaban J connectivity index is 3.06. The molecule has 19 heavy (non-hydrogen) atoms. The second-order valence-electron chi connectivity index (χ2n) is 3.60. The molecule has 1 aromatic carbocycles. The molecule has 0 bridgehead atoms. The van der Waals surface area contributed by atoms with Crippen molar-refractivity contribution >= 4 is 43.5 Å². The number of rotatable bonds is 6. The van der Waals surface area contributed by atoms with Crippen LogP contribution in [0.25, 0.3) is 0 Å². The summed E-state index contributed by atoms with van der Waals surface area (Å²) >= 11 is 8.94. The predicted molar refractivity (Wildman–Crippen MR) is 72.6 cm³/mol. The summed E-state index contributed by atoms with van der Waals surface area (Å²) in [7, 11) is -4.07. The first-order valence-electron chi connectivity index (χ1n) is 5.09. The summed E-state index contributed by atoms with van der Waals surface area (Å²) in [5.41, 5.74) is 0. The molecule has 0 aliphatic rings. The highest BCUT2D eigenvalue weighted by atomic mass is 79.9. The van der Waals surface area contributed by atoms with Gasteiger partial charge in [0, 0.05) is 11.1 Å². The van der Waals surface area contributed by atoms with Crippen LogP contribution in [0, 0.1) is 0 Å². The first kappa shape index (κ1) is 16.4. The molecule has 0 saturated heterocycles. The fourth-order valence-corrected chi connectivity index (χ4v) is 3.57. The Morgan fingerprint density at radius 1 is 1.47 bits per heavy atom. The van der Waals surface area contributed by atoms with Crippen LogP contribution in [0.1, 0.15) is 6.42 Å². The molecule has 0 aliphatic heterocycles. The van der Waals surface area contributed by atoms with Crippen molar-refractivity contribution in [2.24, 2.45) is 0 Å². The van der Waals surface area contributed by atoms with Gasteiger partial charge in [-0.2, -0.15) is 4.72 Å². The average molecular weight is 373 g/mol. The summed E-state index contributed by atoms with van der Waals surface area (Å²) in [4.78, 5) is 10.6. The van der Waals surface area contributed by atoms with Crippen molar-refractivity contribution in [3.63, 3.8) is 0 Å². The Morgan fingerprint density at radius 2 is 2.11 bits per heavy atom. The van der Waals surface area contributed by atoms with Crippen molar-refractivity contribution in [1.29, 1.82) is 0 Å². The lowest BCUT2D eigenvalue weighted by atomic mass is 10.2. The Hall–Kier alpha value is -0.670. The van der Waals surface area contributed by atoms with E-state index in [0.29, 0.717) is 4.47 Å². The summed E-state index contributed by atoms with van der Waals surface area (Å²) < 4.78 is 26.6. The summed E-state index contributed by atoms with van der Waals surface area (Å²) in [6, 6.07) is 2.71. The van der Waals surface area contributed by atoms with Gasteiger partial charge in [-0.1, -0.05) is 27.5 Å². The van der Waals surface area contributed by atoms with Crippen LogP contribution in [0.2, 0.25) is 5.02 Å². The third-order valence-electron chi connectivity index (χ3n) is 2.20. The van der Waals surface area contributed by atoms with Crippen LogP contribution in [0.4, 0.5) is 0 Å². The number of aliphatic hydroxyl groups is 1. The monoisotopic (exact) mass is 371 g/mol. The van der Waals surface area contributed by atoms with Crippen LogP contribution in [0.5, 0.6) is 0 Å². The minimum Gasteiger partial charge on any atom is -0.480 e. The average Bonchev–Trinajstić information content (AvgIpc) is 2.27. The number of carbonyl (C=O) groups is 1. The van der Waals surface area contributed by atoms with E-state index < -0.39 is 28.6 Å². The second kappa shape index (κ2) is 6.67. The van der Waals surface area contributed by atoms with Crippen molar-refractivity contribution in [3.8, 4) is 0 Å². The molecule has 0 saturated carbocycles. The van der Waals surface area contributed by atoms with Crippen molar-refractivity contribution in [3.05, 3.63) is 27.7 Å². The predicted octanol–water partition coefficient (Wildman–Crippen LogP) is 1.22. The van der Waals surface area contributed by atoms with Crippen LogP contribution in [0.15, 0.2) is 27.6 Å². The van der Waals surface area contributed by atoms with E-state index >= 15 is 0 Å². The van der Waals surface area contributed by atoms with E-state index in [0.717, 1.165) is 0 Å². The normalized spacial score (nSPS) is 13.2. The lowest BCUT2D eigenvalue weighted by molar-refractivity contribution is -0.139. The van der Waals surface area contributed by atoms with Crippen LogP contribution >= 0.6 is 27.5 Å². The number of hydrogen-bond donors (Lipinski definition) is 3. The van der Waals surface area contributed by atoms with E-state index in [-0.39, 0.29) is 16.3 Å². The van der Waals surface area contributed by atoms with E-state index in [9.17, 15) is 13.2 Å². The van der Waals surface area contributed by atoms with Crippen molar-refractivity contribution in [1.82, 2.24) is 4.72 Å². The first-order chi connectivity index (χ1) is 8.77. The van der Waals surface area contributed by atoms with Gasteiger partial charge < -0.3 is 10.2 Å². The van der Waals surface area contributed by atoms with Gasteiger partial charge in [0.25, 0.3) is 0 Å².